The molecule has 2 N–H and O–H groups in total. The number of nitrogens with one attached hydrogen (secondary N) is 1. The number of likely N-dealkylation sites (tertiary alicyclic amines) is 1. The van der Waals surface area contributed by atoms with Gasteiger partial charge in [0.25, 0.3) is 0 Å². The fourth-order valence-electron chi connectivity index (χ4n) is 4.45. The fraction of sp³-hybridized carbons (Fsp3) is 0.435. The first-order valence-electron chi connectivity index (χ1n) is 10.1. The van der Waals surface area contributed by atoms with Crippen LogP contribution in [0.1, 0.15) is 48.5 Å². The van der Waals surface area contributed by atoms with Crippen LogP contribution in [0.2, 0.25) is 0 Å². The van der Waals surface area contributed by atoms with Crippen molar-refractivity contribution in [2.45, 2.75) is 50.7 Å². The highest BCUT2D eigenvalue weighted by molar-refractivity contribution is 5.94. The van der Waals surface area contributed by atoms with Crippen LogP contribution < -0.4 is 5.32 Å². The van der Waals surface area contributed by atoms with E-state index in [-0.39, 0.29) is 5.91 Å². The molecule has 0 radical (unpaired) electrons. The first-order chi connectivity index (χ1) is 13.2. The Hall–Kier alpha value is -2.17. The van der Waals surface area contributed by atoms with E-state index in [1.54, 1.807) is 0 Å². The molecule has 1 amide bonds. The van der Waals surface area contributed by atoms with Gasteiger partial charge in [-0.15, -0.1) is 0 Å². The third kappa shape index (κ3) is 4.23. The highest BCUT2D eigenvalue weighted by atomic mass is 16.3. The first-order valence-corrected chi connectivity index (χ1v) is 10.1. The number of carbonyl (C=O) groups is 1. The summed E-state index contributed by atoms with van der Waals surface area (Å²) in [6.45, 7) is 1.64. The van der Waals surface area contributed by atoms with Gasteiger partial charge in [0.05, 0.1) is 6.10 Å². The van der Waals surface area contributed by atoms with E-state index in [0.29, 0.717) is 19.0 Å². The molecule has 2 aromatic rings. The molecule has 0 spiro atoms. The molecular weight excluding hydrogens is 336 g/mol. The molecule has 2 aromatic carbocycles. The zero-order valence-electron chi connectivity index (χ0n) is 15.7. The van der Waals surface area contributed by atoms with E-state index in [2.05, 4.69) is 40.5 Å². The average Bonchev–Trinajstić information content (AvgIpc) is 2.69. The minimum atomic E-state index is -0.588. The van der Waals surface area contributed by atoms with Gasteiger partial charge >= 0.3 is 0 Å². The van der Waals surface area contributed by atoms with Crippen molar-refractivity contribution in [3.8, 4) is 0 Å². The lowest BCUT2D eigenvalue weighted by atomic mass is 9.93. The molecule has 1 saturated heterocycles. The Bertz CT molecular complexity index is 790. The number of amides is 1. The van der Waals surface area contributed by atoms with Crippen LogP contribution in [0.5, 0.6) is 0 Å². The molecule has 2 aliphatic rings. The zero-order chi connectivity index (χ0) is 18.6. The van der Waals surface area contributed by atoms with Crippen molar-refractivity contribution in [1.29, 1.82) is 0 Å². The molecule has 0 aliphatic carbocycles. The topological polar surface area (TPSA) is 52.6 Å². The Kier molecular flexibility index (Phi) is 5.55. The minimum Gasteiger partial charge on any atom is -0.387 e. The van der Waals surface area contributed by atoms with Crippen LogP contribution in [0, 0.1) is 0 Å². The number of para-hydroxylation sites is 1. The van der Waals surface area contributed by atoms with Crippen LogP contribution in [0.15, 0.2) is 48.5 Å². The number of rotatable bonds is 5. The largest absolute Gasteiger partial charge is 0.387 e. The molecule has 4 rings (SSSR count). The van der Waals surface area contributed by atoms with Crippen LogP contribution in [-0.4, -0.2) is 35.0 Å². The molecule has 2 atom stereocenters. The van der Waals surface area contributed by atoms with Crippen LogP contribution in [0.4, 0.5) is 5.69 Å². The zero-order valence-corrected chi connectivity index (χ0v) is 15.7. The van der Waals surface area contributed by atoms with Gasteiger partial charge in [0, 0.05) is 30.3 Å². The number of hydrogen-bond acceptors (Lipinski definition) is 3. The van der Waals surface area contributed by atoms with E-state index >= 15 is 0 Å². The van der Waals surface area contributed by atoms with Crippen LogP contribution in [-0.2, 0) is 17.6 Å². The number of anilines is 1. The molecule has 2 heterocycles. The number of β-amino-alcohol motifs (C(OH)–C–C–N with tert-alkyl or cyclic N) is 1. The second kappa shape index (κ2) is 8.24. The van der Waals surface area contributed by atoms with Crippen LogP contribution in [0.3, 0.4) is 0 Å². The third-order valence-electron chi connectivity index (χ3n) is 5.90. The van der Waals surface area contributed by atoms with Crippen molar-refractivity contribution in [3.63, 3.8) is 0 Å². The molecule has 0 saturated carbocycles. The van der Waals surface area contributed by atoms with E-state index in [0.717, 1.165) is 36.2 Å². The Labute approximate surface area is 161 Å². The van der Waals surface area contributed by atoms with Gasteiger partial charge in [-0.3, -0.25) is 9.69 Å². The van der Waals surface area contributed by atoms with Gasteiger partial charge in [-0.2, -0.15) is 0 Å². The van der Waals surface area contributed by atoms with Crippen molar-refractivity contribution in [2.75, 3.05) is 18.4 Å². The monoisotopic (exact) mass is 364 g/mol. The van der Waals surface area contributed by atoms with Crippen LogP contribution in [0.25, 0.3) is 0 Å². The molecule has 4 heteroatoms. The predicted octanol–water partition coefficient (Wildman–Crippen LogP) is 3.70. The molecule has 0 bridgehead atoms. The summed E-state index contributed by atoms with van der Waals surface area (Å²) in [6, 6.07) is 17.1. The normalized spacial score (nSPS) is 21.4. The van der Waals surface area contributed by atoms with E-state index in [1.807, 2.05) is 18.2 Å². The van der Waals surface area contributed by atoms with Gasteiger partial charge < -0.3 is 10.4 Å². The Morgan fingerprint density at radius 2 is 1.93 bits per heavy atom. The highest BCUT2D eigenvalue weighted by Crippen LogP contribution is 2.32. The maximum absolute atomic E-state index is 11.8. The molecular formula is C23H28N2O2. The number of aryl methyl sites for hydroxylation is 1. The maximum Gasteiger partial charge on any atom is 0.224 e. The summed E-state index contributed by atoms with van der Waals surface area (Å²) >= 11 is 0. The Balaban J connectivity index is 1.49. The summed E-state index contributed by atoms with van der Waals surface area (Å²) in [4.78, 5) is 14.3. The quantitative estimate of drug-likeness (QED) is 0.850. The lowest BCUT2D eigenvalue weighted by molar-refractivity contribution is -0.116. The Morgan fingerprint density at radius 1 is 1.07 bits per heavy atom. The average molecular weight is 364 g/mol. The summed E-state index contributed by atoms with van der Waals surface area (Å²) in [7, 11) is 0. The van der Waals surface area contributed by atoms with Crippen molar-refractivity contribution in [1.82, 2.24) is 4.90 Å². The molecule has 2 aliphatic heterocycles. The number of aliphatic hydroxyl groups excluding tert-OH is 1. The lowest BCUT2D eigenvalue weighted by Gasteiger charge is -2.37. The second-order valence-electron chi connectivity index (χ2n) is 7.78. The number of piperidine rings is 1. The first kappa shape index (κ1) is 18.2. The van der Waals surface area contributed by atoms with Crippen molar-refractivity contribution in [3.05, 3.63) is 65.2 Å². The Morgan fingerprint density at radius 3 is 2.78 bits per heavy atom. The number of carbonyl (C=O) groups excluding carboxylic acids is 1. The van der Waals surface area contributed by atoms with E-state index in [9.17, 15) is 9.90 Å². The van der Waals surface area contributed by atoms with Gasteiger partial charge in [-0.25, -0.2) is 0 Å². The van der Waals surface area contributed by atoms with Gasteiger partial charge in [0.2, 0.25) is 5.91 Å². The highest BCUT2D eigenvalue weighted by Gasteiger charge is 2.27. The summed E-state index contributed by atoms with van der Waals surface area (Å²) in [5, 5.41) is 14.0. The van der Waals surface area contributed by atoms with Crippen molar-refractivity contribution in [2.24, 2.45) is 0 Å². The second-order valence-corrected chi connectivity index (χ2v) is 7.78. The number of aliphatic hydroxyl groups is 1. The molecule has 142 valence electrons. The van der Waals surface area contributed by atoms with Gasteiger partial charge in [0.15, 0.2) is 0 Å². The summed E-state index contributed by atoms with van der Waals surface area (Å²) in [6.07, 6.45) is 5.32. The number of nitrogens with zero attached hydrogens (tertiary/aromatic N) is 1. The van der Waals surface area contributed by atoms with E-state index in [4.69, 9.17) is 0 Å². The summed E-state index contributed by atoms with van der Waals surface area (Å²) in [5.74, 6) is 0.0436. The summed E-state index contributed by atoms with van der Waals surface area (Å²) in [5.41, 5.74) is 4.17. The molecule has 4 nitrogen and oxygen atoms in total. The fourth-order valence-corrected chi connectivity index (χ4v) is 4.45. The molecule has 1 fully saturated rings. The minimum absolute atomic E-state index is 0.0436. The van der Waals surface area contributed by atoms with Crippen molar-refractivity contribution < 1.29 is 9.90 Å². The van der Waals surface area contributed by atoms with Gasteiger partial charge in [-0.05, 0) is 43.4 Å². The smallest absolute Gasteiger partial charge is 0.224 e. The SMILES string of the molecule is O=C1CCc2cccc(C(O)CN3CCCCC3Cc3ccccc3)c2N1. The molecule has 0 aromatic heterocycles. The molecule has 27 heavy (non-hydrogen) atoms. The van der Waals surface area contributed by atoms with E-state index < -0.39 is 6.10 Å². The standard InChI is InChI=1S/C23H28N2O2/c26-21(20-11-6-9-18-12-13-22(27)24-23(18)20)16-25-14-5-4-10-19(25)15-17-7-2-1-3-8-17/h1-3,6-9,11,19,21,26H,4-5,10,12-16H2,(H,24,27). The lowest BCUT2D eigenvalue weighted by Crippen LogP contribution is -2.43. The van der Waals surface area contributed by atoms with E-state index in [1.165, 1.54) is 24.8 Å². The summed E-state index contributed by atoms with van der Waals surface area (Å²) < 4.78 is 0. The number of benzene rings is 2. The third-order valence-corrected chi connectivity index (χ3v) is 5.90. The van der Waals surface area contributed by atoms with Crippen LogP contribution >= 0.6 is 0 Å². The van der Waals surface area contributed by atoms with Crippen molar-refractivity contribution >= 4 is 11.6 Å². The number of fused-ring (bicyclic) bond motifs is 1. The number of hydrogen-bond donors (Lipinski definition) is 2. The molecule has 2 unspecified atom stereocenters. The van der Waals surface area contributed by atoms with Gasteiger partial charge in [0.1, 0.15) is 0 Å². The maximum atomic E-state index is 11.8. The van der Waals surface area contributed by atoms with Gasteiger partial charge in [-0.1, -0.05) is 55.0 Å². The predicted molar refractivity (Wildman–Crippen MR) is 108 cm³/mol.